The number of hydrogen-bond donors (Lipinski definition) is 3. The van der Waals surface area contributed by atoms with Gasteiger partial charge in [0.05, 0.1) is 17.1 Å². The maximum Gasteiger partial charge on any atom is 0.250 e. The summed E-state index contributed by atoms with van der Waals surface area (Å²) in [5.41, 5.74) is 6.13. The van der Waals surface area contributed by atoms with E-state index >= 15 is 0 Å². The molecule has 0 bridgehead atoms. The van der Waals surface area contributed by atoms with Gasteiger partial charge in [-0.05, 0) is 37.0 Å². The summed E-state index contributed by atoms with van der Waals surface area (Å²) in [5.74, 6) is -0.113. The SMILES string of the molecule is C[C@H]1CCCC[C@@H]1NC(=O)CNc1ccc(Cl)c(C(N)=O)c1. The van der Waals surface area contributed by atoms with E-state index in [4.69, 9.17) is 17.3 Å². The van der Waals surface area contributed by atoms with Crippen LogP contribution in [0.5, 0.6) is 0 Å². The first kappa shape index (κ1) is 16.6. The van der Waals surface area contributed by atoms with Gasteiger partial charge in [-0.1, -0.05) is 31.4 Å². The number of carbonyl (C=O) groups is 2. The molecular formula is C16H22ClN3O2. The highest BCUT2D eigenvalue weighted by Crippen LogP contribution is 2.23. The number of amides is 2. The molecule has 2 rings (SSSR count). The highest BCUT2D eigenvalue weighted by Gasteiger charge is 2.22. The minimum absolute atomic E-state index is 0.0469. The standard InChI is InChI=1S/C16H22ClN3O2/c1-10-4-2-3-5-14(10)20-15(21)9-19-11-6-7-13(17)12(8-11)16(18)22/h6-8,10,14,19H,2-5,9H2,1H3,(H2,18,22)(H,20,21)/t10-,14-/m0/s1. The van der Waals surface area contributed by atoms with Gasteiger partial charge in [0.25, 0.3) is 0 Å². The highest BCUT2D eigenvalue weighted by molar-refractivity contribution is 6.33. The van der Waals surface area contributed by atoms with Crippen LogP contribution in [-0.4, -0.2) is 24.4 Å². The van der Waals surface area contributed by atoms with Crippen LogP contribution in [0.25, 0.3) is 0 Å². The molecule has 1 aromatic carbocycles. The van der Waals surface area contributed by atoms with E-state index in [1.807, 2.05) is 0 Å². The molecule has 120 valence electrons. The van der Waals surface area contributed by atoms with Crippen LogP contribution in [0.15, 0.2) is 18.2 Å². The average molecular weight is 324 g/mol. The van der Waals surface area contributed by atoms with Crippen LogP contribution in [0.2, 0.25) is 5.02 Å². The Morgan fingerprint density at radius 3 is 2.73 bits per heavy atom. The molecule has 0 heterocycles. The van der Waals surface area contributed by atoms with Crippen molar-refractivity contribution in [3.8, 4) is 0 Å². The monoisotopic (exact) mass is 323 g/mol. The van der Waals surface area contributed by atoms with Crippen LogP contribution < -0.4 is 16.4 Å². The van der Waals surface area contributed by atoms with Crippen LogP contribution in [0.1, 0.15) is 43.0 Å². The molecule has 0 aromatic heterocycles. The lowest BCUT2D eigenvalue weighted by molar-refractivity contribution is -0.120. The molecular weight excluding hydrogens is 302 g/mol. The lowest BCUT2D eigenvalue weighted by atomic mass is 9.86. The second-order valence-electron chi connectivity index (χ2n) is 5.85. The van der Waals surface area contributed by atoms with E-state index in [9.17, 15) is 9.59 Å². The lowest BCUT2D eigenvalue weighted by Crippen LogP contribution is -2.43. The topological polar surface area (TPSA) is 84.2 Å². The first-order chi connectivity index (χ1) is 10.5. The summed E-state index contributed by atoms with van der Waals surface area (Å²) in [6.45, 7) is 2.33. The summed E-state index contributed by atoms with van der Waals surface area (Å²) in [7, 11) is 0. The van der Waals surface area contributed by atoms with Crippen LogP contribution in [0, 0.1) is 5.92 Å². The molecule has 1 fully saturated rings. The van der Waals surface area contributed by atoms with Crippen LogP contribution >= 0.6 is 11.6 Å². The molecule has 0 spiro atoms. The number of nitrogens with one attached hydrogen (secondary N) is 2. The fraction of sp³-hybridized carbons (Fsp3) is 0.500. The zero-order valence-corrected chi connectivity index (χ0v) is 13.5. The molecule has 6 heteroatoms. The van der Waals surface area contributed by atoms with Crippen molar-refractivity contribution in [3.05, 3.63) is 28.8 Å². The maximum absolute atomic E-state index is 12.0. The van der Waals surface area contributed by atoms with Crippen molar-refractivity contribution < 1.29 is 9.59 Å². The van der Waals surface area contributed by atoms with E-state index < -0.39 is 5.91 Å². The molecule has 22 heavy (non-hydrogen) atoms. The van der Waals surface area contributed by atoms with E-state index in [2.05, 4.69) is 17.6 Å². The van der Waals surface area contributed by atoms with Crippen molar-refractivity contribution in [1.82, 2.24) is 5.32 Å². The van der Waals surface area contributed by atoms with Gasteiger partial charge in [0.1, 0.15) is 0 Å². The minimum atomic E-state index is -0.589. The van der Waals surface area contributed by atoms with Crippen molar-refractivity contribution in [2.45, 2.75) is 38.6 Å². The van der Waals surface area contributed by atoms with Crippen LogP contribution in [0.4, 0.5) is 5.69 Å². The van der Waals surface area contributed by atoms with Gasteiger partial charge in [-0.2, -0.15) is 0 Å². The number of hydrogen-bond acceptors (Lipinski definition) is 3. The summed E-state index contributed by atoms with van der Waals surface area (Å²) in [4.78, 5) is 23.3. The predicted octanol–water partition coefficient (Wildman–Crippen LogP) is 2.55. The van der Waals surface area contributed by atoms with Crippen molar-refractivity contribution in [2.24, 2.45) is 11.7 Å². The summed E-state index contributed by atoms with van der Waals surface area (Å²) < 4.78 is 0. The van der Waals surface area contributed by atoms with Gasteiger partial charge >= 0.3 is 0 Å². The van der Waals surface area contributed by atoms with Gasteiger partial charge in [-0.25, -0.2) is 0 Å². The summed E-state index contributed by atoms with van der Waals surface area (Å²) in [6, 6.07) is 5.12. The van der Waals surface area contributed by atoms with Crippen molar-refractivity contribution in [1.29, 1.82) is 0 Å². The molecule has 1 aliphatic rings. The molecule has 0 saturated heterocycles. The summed E-state index contributed by atoms with van der Waals surface area (Å²) in [6.07, 6.45) is 4.62. The minimum Gasteiger partial charge on any atom is -0.376 e. The van der Waals surface area contributed by atoms with Gasteiger partial charge in [-0.15, -0.1) is 0 Å². The fourth-order valence-corrected chi connectivity index (χ4v) is 3.01. The van der Waals surface area contributed by atoms with E-state index in [1.54, 1.807) is 18.2 Å². The number of carbonyl (C=O) groups excluding carboxylic acids is 2. The molecule has 2 amide bonds. The van der Waals surface area contributed by atoms with E-state index in [0.717, 1.165) is 12.8 Å². The first-order valence-corrected chi connectivity index (χ1v) is 7.97. The smallest absolute Gasteiger partial charge is 0.250 e. The molecule has 2 atom stereocenters. The molecule has 0 unspecified atom stereocenters. The highest BCUT2D eigenvalue weighted by atomic mass is 35.5. The van der Waals surface area contributed by atoms with E-state index in [1.165, 1.54) is 12.8 Å². The van der Waals surface area contributed by atoms with E-state index in [-0.39, 0.29) is 24.1 Å². The Kier molecular flexibility index (Phi) is 5.66. The van der Waals surface area contributed by atoms with Crippen molar-refractivity contribution in [2.75, 3.05) is 11.9 Å². The molecule has 5 nitrogen and oxygen atoms in total. The Balaban J connectivity index is 1.88. The summed E-state index contributed by atoms with van der Waals surface area (Å²) in [5, 5.41) is 6.37. The molecule has 0 radical (unpaired) electrons. The third-order valence-electron chi connectivity index (χ3n) is 4.14. The van der Waals surface area contributed by atoms with Gasteiger partial charge in [-0.3, -0.25) is 9.59 Å². The third kappa shape index (κ3) is 4.37. The Morgan fingerprint density at radius 1 is 1.32 bits per heavy atom. The molecule has 1 aromatic rings. The third-order valence-corrected chi connectivity index (χ3v) is 4.47. The van der Waals surface area contributed by atoms with Crippen molar-refractivity contribution >= 4 is 29.1 Å². The maximum atomic E-state index is 12.0. The Bertz CT molecular complexity index is 562. The number of benzene rings is 1. The zero-order valence-electron chi connectivity index (χ0n) is 12.7. The van der Waals surface area contributed by atoms with E-state index in [0.29, 0.717) is 16.6 Å². The van der Waals surface area contributed by atoms with Gasteiger partial charge in [0.2, 0.25) is 11.8 Å². The largest absolute Gasteiger partial charge is 0.376 e. The van der Waals surface area contributed by atoms with Gasteiger partial charge < -0.3 is 16.4 Å². The number of rotatable bonds is 5. The zero-order chi connectivity index (χ0) is 16.1. The van der Waals surface area contributed by atoms with Crippen LogP contribution in [-0.2, 0) is 4.79 Å². The quantitative estimate of drug-likeness (QED) is 0.778. The lowest BCUT2D eigenvalue weighted by Gasteiger charge is -2.29. The Morgan fingerprint density at radius 2 is 2.05 bits per heavy atom. The average Bonchev–Trinajstić information content (AvgIpc) is 2.48. The number of nitrogens with two attached hydrogens (primary N) is 1. The molecule has 0 aliphatic heterocycles. The number of halogens is 1. The Labute approximate surface area is 135 Å². The predicted molar refractivity (Wildman–Crippen MR) is 88.0 cm³/mol. The van der Waals surface area contributed by atoms with Crippen molar-refractivity contribution in [3.63, 3.8) is 0 Å². The molecule has 1 saturated carbocycles. The second kappa shape index (κ2) is 7.49. The fourth-order valence-electron chi connectivity index (χ4n) is 2.79. The molecule has 4 N–H and O–H groups in total. The van der Waals surface area contributed by atoms with Gasteiger partial charge in [0.15, 0.2) is 0 Å². The number of anilines is 1. The normalized spacial score (nSPS) is 21.2. The second-order valence-corrected chi connectivity index (χ2v) is 6.26. The number of primary amides is 1. The van der Waals surface area contributed by atoms with Gasteiger partial charge in [0, 0.05) is 11.7 Å². The van der Waals surface area contributed by atoms with Crippen LogP contribution in [0.3, 0.4) is 0 Å². The molecule has 1 aliphatic carbocycles. The Hall–Kier alpha value is -1.75. The summed E-state index contributed by atoms with van der Waals surface area (Å²) >= 11 is 5.89. The first-order valence-electron chi connectivity index (χ1n) is 7.60.